The first-order chi connectivity index (χ1) is 23.2. The van der Waals surface area contributed by atoms with E-state index in [9.17, 15) is 18.0 Å². The Balaban J connectivity index is 1.26. The molecule has 0 spiro atoms. The molecule has 1 unspecified atom stereocenters. The Morgan fingerprint density at radius 1 is 0.958 bits per heavy atom. The lowest BCUT2D eigenvalue weighted by Crippen LogP contribution is -2.35. The third kappa shape index (κ3) is 6.93. The Kier molecular flexibility index (Phi) is 9.79. The Morgan fingerprint density at radius 2 is 1.71 bits per heavy atom. The lowest BCUT2D eigenvalue weighted by atomic mass is 9.80. The van der Waals surface area contributed by atoms with Crippen molar-refractivity contribution in [1.29, 1.82) is 0 Å². The number of nitrogens with one attached hydrogen (secondary N) is 1. The van der Waals surface area contributed by atoms with Crippen molar-refractivity contribution in [2.24, 2.45) is 5.92 Å². The monoisotopic (exact) mass is 669 g/mol. The van der Waals surface area contributed by atoms with E-state index in [1.54, 1.807) is 7.11 Å². The van der Waals surface area contributed by atoms with Crippen LogP contribution in [0, 0.1) is 5.92 Å². The van der Waals surface area contributed by atoms with Crippen molar-refractivity contribution in [1.82, 2.24) is 9.29 Å². The molecule has 1 N–H and O–H groups in total. The second kappa shape index (κ2) is 14.2. The van der Waals surface area contributed by atoms with Gasteiger partial charge in [0, 0.05) is 18.5 Å². The summed E-state index contributed by atoms with van der Waals surface area (Å²) in [6.07, 6.45) is 6.10. The quantitative estimate of drug-likeness (QED) is 0.205. The number of rotatable bonds is 9. The van der Waals surface area contributed by atoms with Crippen LogP contribution in [0.15, 0.2) is 71.6 Å². The molecule has 10 nitrogen and oxygen atoms in total. The number of ether oxygens (including phenoxy) is 3. The van der Waals surface area contributed by atoms with Crippen LogP contribution in [0.5, 0.6) is 11.5 Å². The molecule has 250 valence electrons. The first kappa shape index (κ1) is 33.2. The molecule has 1 aliphatic heterocycles. The number of hydrogen-bond acceptors (Lipinski definition) is 8. The van der Waals surface area contributed by atoms with Gasteiger partial charge in [0.15, 0.2) is 6.61 Å². The number of sulfonamides is 1. The molecule has 0 radical (unpaired) electrons. The SMILES string of the molecule is COc1ccc(/C=C2/CC(C)Cc3c2nc2ccccc2c3C(=O)OCC(=O)Nc2cc(S(=O)(=O)N3CCCCC3)ccc2OC)cc1. The van der Waals surface area contributed by atoms with Crippen LogP contribution in [0.25, 0.3) is 22.6 Å². The Bertz CT molecular complexity index is 1980. The number of piperidine rings is 1. The number of amides is 1. The molecule has 11 heteroatoms. The minimum atomic E-state index is -3.74. The zero-order valence-electron chi connectivity index (χ0n) is 27.3. The molecule has 1 aliphatic carbocycles. The predicted molar refractivity (Wildman–Crippen MR) is 185 cm³/mol. The number of carbonyl (C=O) groups excluding carboxylic acids is 2. The van der Waals surface area contributed by atoms with Crippen LogP contribution in [0.1, 0.15) is 59.8 Å². The van der Waals surface area contributed by atoms with Gasteiger partial charge in [0.25, 0.3) is 5.91 Å². The number of nitrogens with zero attached hydrogens (tertiary/aromatic N) is 2. The second-order valence-electron chi connectivity index (χ2n) is 12.2. The fourth-order valence-electron chi connectivity index (χ4n) is 6.46. The summed E-state index contributed by atoms with van der Waals surface area (Å²) in [5.74, 6) is 0.0231. The largest absolute Gasteiger partial charge is 0.497 e. The molecule has 2 heterocycles. The van der Waals surface area contributed by atoms with Gasteiger partial charge in [-0.25, -0.2) is 18.2 Å². The van der Waals surface area contributed by atoms with Crippen LogP contribution < -0.4 is 14.8 Å². The molecule has 2 aliphatic rings. The summed E-state index contributed by atoms with van der Waals surface area (Å²) in [5, 5.41) is 3.33. The molecule has 1 aromatic heterocycles. The molecule has 4 aromatic rings. The number of methoxy groups -OCH3 is 2. The molecule has 6 rings (SSSR count). The van der Waals surface area contributed by atoms with Crippen LogP contribution in [0.3, 0.4) is 0 Å². The normalized spacial score (nSPS) is 17.5. The van der Waals surface area contributed by atoms with Crippen molar-refractivity contribution in [3.63, 3.8) is 0 Å². The first-order valence-electron chi connectivity index (χ1n) is 16.1. The van der Waals surface area contributed by atoms with Crippen molar-refractivity contribution in [3.8, 4) is 11.5 Å². The van der Waals surface area contributed by atoms with Gasteiger partial charge in [0.1, 0.15) is 11.5 Å². The number of allylic oxidation sites excluding steroid dienone is 1. The highest BCUT2D eigenvalue weighted by atomic mass is 32.2. The molecule has 0 bridgehead atoms. The van der Waals surface area contributed by atoms with Gasteiger partial charge in [-0.2, -0.15) is 4.31 Å². The Hall–Kier alpha value is -4.74. The summed E-state index contributed by atoms with van der Waals surface area (Å²) < 4.78 is 44.4. The lowest BCUT2D eigenvalue weighted by Gasteiger charge is -2.26. The fraction of sp³-hybridized carbons (Fsp3) is 0.324. The smallest absolute Gasteiger partial charge is 0.339 e. The van der Waals surface area contributed by atoms with E-state index < -0.39 is 28.5 Å². The third-order valence-corrected chi connectivity index (χ3v) is 10.7. The summed E-state index contributed by atoms with van der Waals surface area (Å²) in [5.41, 5.74) is 4.75. The van der Waals surface area contributed by atoms with E-state index in [-0.39, 0.29) is 22.3 Å². The number of anilines is 1. The van der Waals surface area contributed by atoms with Gasteiger partial charge in [-0.3, -0.25) is 4.79 Å². The number of esters is 1. The topological polar surface area (TPSA) is 124 Å². The van der Waals surface area contributed by atoms with Crippen LogP contribution in [0.4, 0.5) is 5.69 Å². The summed E-state index contributed by atoms with van der Waals surface area (Å²) in [6.45, 7) is 2.46. The molecule has 0 saturated carbocycles. The molecule has 48 heavy (non-hydrogen) atoms. The maximum atomic E-state index is 13.8. The number of hydrogen-bond donors (Lipinski definition) is 1. The van der Waals surface area contributed by atoms with E-state index in [2.05, 4.69) is 18.3 Å². The van der Waals surface area contributed by atoms with Crippen LogP contribution in [0.2, 0.25) is 0 Å². The predicted octanol–water partition coefficient (Wildman–Crippen LogP) is 6.35. The van der Waals surface area contributed by atoms with Gasteiger partial charge in [-0.05, 0) is 90.8 Å². The summed E-state index contributed by atoms with van der Waals surface area (Å²) in [6, 6.07) is 19.5. The van der Waals surface area contributed by atoms with Crippen LogP contribution in [-0.2, 0) is 26.0 Å². The Morgan fingerprint density at radius 3 is 2.44 bits per heavy atom. The van der Waals surface area contributed by atoms with Crippen molar-refractivity contribution >= 4 is 50.1 Å². The van der Waals surface area contributed by atoms with Crippen molar-refractivity contribution in [2.75, 3.05) is 39.2 Å². The van der Waals surface area contributed by atoms with Gasteiger partial charge in [0.2, 0.25) is 10.0 Å². The summed E-state index contributed by atoms with van der Waals surface area (Å²) in [7, 11) is -0.685. The molecule has 1 saturated heterocycles. The van der Waals surface area contributed by atoms with Gasteiger partial charge in [-0.1, -0.05) is 43.7 Å². The number of carbonyl (C=O) groups is 2. The average Bonchev–Trinajstić information content (AvgIpc) is 3.10. The van der Waals surface area contributed by atoms with E-state index in [1.165, 1.54) is 29.6 Å². The molecular weight excluding hydrogens is 630 g/mol. The number of pyridine rings is 1. The second-order valence-corrected chi connectivity index (χ2v) is 14.2. The molecule has 1 fully saturated rings. The maximum absolute atomic E-state index is 13.8. The Labute approximate surface area is 280 Å². The van der Waals surface area contributed by atoms with Gasteiger partial charge in [0.05, 0.1) is 41.6 Å². The first-order valence-corrected chi connectivity index (χ1v) is 17.5. The minimum Gasteiger partial charge on any atom is -0.497 e. The maximum Gasteiger partial charge on any atom is 0.339 e. The van der Waals surface area contributed by atoms with Gasteiger partial charge < -0.3 is 19.5 Å². The fourth-order valence-corrected chi connectivity index (χ4v) is 8.00. The van der Waals surface area contributed by atoms with E-state index in [1.807, 2.05) is 48.5 Å². The molecule has 1 amide bonds. The van der Waals surface area contributed by atoms with E-state index in [4.69, 9.17) is 19.2 Å². The number of benzene rings is 3. The number of para-hydroxylation sites is 1. The van der Waals surface area contributed by atoms with Crippen molar-refractivity contribution in [2.45, 2.75) is 43.9 Å². The number of fused-ring (bicyclic) bond motifs is 2. The van der Waals surface area contributed by atoms with Gasteiger partial charge >= 0.3 is 5.97 Å². The minimum absolute atomic E-state index is 0.0556. The van der Waals surface area contributed by atoms with Crippen LogP contribution in [-0.4, -0.2) is 63.5 Å². The highest BCUT2D eigenvalue weighted by molar-refractivity contribution is 7.89. The van der Waals surface area contributed by atoms with Crippen molar-refractivity contribution < 1.29 is 32.2 Å². The van der Waals surface area contributed by atoms with E-state index >= 15 is 0 Å². The summed E-state index contributed by atoms with van der Waals surface area (Å²) >= 11 is 0. The average molecular weight is 670 g/mol. The number of aromatic nitrogens is 1. The van der Waals surface area contributed by atoms with Crippen LogP contribution >= 0.6 is 0 Å². The van der Waals surface area contributed by atoms with Gasteiger partial charge in [-0.15, -0.1) is 0 Å². The lowest BCUT2D eigenvalue weighted by molar-refractivity contribution is -0.119. The molecule has 1 atom stereocenters. The van der Waals surface area contributed by atoms with E-state index in [0.29, 0.717) is 36.0 Å². The molecule has 3 aromatic carbocycles. The molecular formula is C37H39N3O7S. The third-order valence-electron chi connectivity index (χ3n) is 8.81. The highest BCUT2D eigenvalue weighted by Gasteiger charge is 2.30. The summed E-state index contributed by atoms with van der Waals surface area (Å²) in [4.78, 5) is 32.0. The van der Waals surface area contributed by atoms with E-state index in [0.717, 1.165) is 53.8 Å². The zero-order chi connectivity index (χ0) is 33.8. The van der Waals surface area contributed by atoms with Crippen molar-refractivity contribution in [3.05, 3.63) is 89.1 Å². The zero-order valence-corrected chi connectivity index (χ0v) is 28.1. The highest BCUT2D eigenvalue weighted by Crippen LogP contribution is 2.39. The standard InChI is InChI=1S/C37H39N3O7S/c1-24-19-26(21-25-11-13-27(45-2)14-12-25)36-30(20-24)35(29-9-5-6-10-31(29)39-36)37(42)47-23-34(41)38-32-22-28(15-16-33(32)46-3)48(43,44)40-17-7-4-8-18-40/h5-6,9-16,21-22,24H,4,7-8,17-20,23H2,1-3H3,(H,38,41)/b26-21-.